The molecular weight excluding hydrogens is 552 g/mol. The summed E-state index contributed by atoms with van der Waals surface area (Å²) in [6.07, 6.45) is 10.1. The van der Waals surface area contributed by atoms with Crippen molar-refractivity contribution in [2.24, 2.45) is 11.7 Å². The Balaban J connectivity index is 1.52. The molecule has 224 valence electrons. The van der Waals surface area contributed by atoms with Gasteiger partial charge in [-0.15, -0.1) is 0 Å². The number of H-pyrrole nitrogens is 1. The van der Waals surface area contributed by atoms with Gasteiger partial charge in [-0.25, -0.2) is 22.2 Å². The Bertz CT molecular complexity index is 1500. The van der Waals surface area contributed by atoms with Crippen LogP contribution in [0, 0.1) is 17.6 Å². The van der Waals surface area contributed by atoms with Crippen LogP contribution in [0.2, 0.25) is 0 Å². The molecule has 1 aromatic carbocycles. The predicted molar refractivity (Wildman–Crippen MR) is 152 cm³/mol. The van der Waals surface area contributed by atoms with Gasteiger partial charge in [0.05, 0.1) is 12.5 Å². The molecule has 1 saturated carbocycles. The van der Waals surface area contributed by atoms with Gasteiger partial charge in [0.2, 0.25) is 10.0 Å². The second kappa shape index (κ2) is 12.1. The Labute approximate surface area is 239 Å². The third-order valence-corrected chi connectivity index (χ3v) is 9.90. The fraction of sp³-hybridized carbons (Fsp3) is 0.607. The summed E-state index contributed by atoms with van der Waals surface area (Å²) in [4.78, 5) is 22.2. The van der Waals surface area contributed by atoms with Crippen LogP contribution in [0.15, 0.2) is 12.3 Å². The number of carbonyl (C=O) groups excluding carboxylic acids is 1. The molecule has 2 aromatic heterocycles. The van der Waals surface area contributed by atoms with Crippen molar-refractivity contribution in [2.45, 2.75) is 70.9 Å². The molecule has 1 atom stereocenters. The first kappa shape index (κ1) is 29.6. The van der Waals surface area contributed by atoms with Gasteiger partial charge >= 0.3 is 0 Å². The third kappa shape index (κ3) is 6.17. The number of nitrogens with two attached hydrogens (primary N) is 1. The molecule has 41 heavy (non-hydrogen) atoms. The maximum Gasteiger partial charge on any atom is 0.267 e. The molecule has 1 aliphatic carbocycles. The lowest BCUT2D eigenvalue weighted by Gasteiger charge is -2.33. The molecule has 0 spiro atoms. The molecule has 0 radical (unpaired) electrons. The number of amides is 1. The molecular formula is C28H39F2N7O3S. The van der Waals surface area contributed by atoms with E-state index in [4.69, 9.17) is 5.73 Å². The van der Waals surface area contributed by atoms with Crippen LogP contribution in [0.5, 0.6) is 0 Å². The predicted octanol–water partition coefficient (Wildman–Crippen LogP) is 3.73. The third-order valence-electron chi connectivity index (χ3n) is 8.60. The summed E-state index contributed by atoms with van der Waals surface area (Å²) in [6.45, 7) is 3.92. The smallest absolute Gasteiger partial charge is 0.267 e. The second-order valence-electron chi connectivity index (χ2n) is 11.3. The van der Waals surface area contributed by atoms with E-state index in [2.05, 4.69) is 15.1 Å². The maximum atomic E-state index is 15.9. The molecule has 10 nitrogen and oxygen atoms in total. The summed E-state index contributed by atoms with van der Waals surface area (Å²) in [5.74, 6) is -1.73. The van der Waals surface area contributed by atoms with Gasteiger partial charge in [0.1, 0.15) is 22.6 Å². The van der Waals surface area contributed by atoms with Crippen LogP contribution in [0.1, 0.15) is 85.2 Å². The van der Waals surface area contributed by atoms with Gasteiger partial charge in [0.15, 0.2) is 11.6 Å². The lowest BCUT2D eigenvalue weighted by molar-refractivity contribution is 0.0988. The lowest BCUT2D eigenvalue weighted by atomic mass is 9.78. The highest BCUT2D eigenvalue weighted by molar-refractivity contribution is 7.88. The molecule has 3 heterocycles. The molecule has 2 fully saturated rings. The fourth-order valence-corrected chi connectivity index (χ4v) is 7.30. The Kier molecular flexibility index (Phi) is 8.76. The number of hydrogen-bond acceptors (Lipinski definition) is 6. The number of hydrogen-bond donors (Lipinski definition) is 2. The average Bonchev–Trinajstić information content (AvgIpc) is 3.54. The zero-order chi connectivity index (χ0) is 29.3. The first-order valence-electron chi connectivity index (χ1n) is 14.5. The van der Waals surface area contributed by atoms with Crippen LogP contribution in [0.4, 0.5) is 8.78 Å². The van der Waals surface area contributed by atoms with E-state index in [-0.39, 0.29) is 29.1 Å². The lowest BCUT2D eigenvalue weighted by Crippen LogP contribution is -2.47. The largest absolute Gasteiger partial charge is 0.364 e. The summed E-state index contributed by atoms with van der Waals surface area (Å²) in [5, 5.41) is 4.41. The van der Waals surface area contributed by atoms with Crippen molar-refractivity contribution in [3.63, 3.8) is 0 Å². The first-order valence-corrected chi connectivity index (χ1v) is 16.3. The van der Waals surface area contributed by atoms with Crippen molar-refractivity contribution in [3.05, 3.63) is 46.5 Å². The summed E-state index contributed by atoms with van der Waals surface area (Å²) < 4.78 is 58.0. The number of fused-ring (bicyclic) bond motifs is 1. The minimum absolute atomic E-state index is 0.0101. The number of rotatable bonds is 8. The molecule has 0 bridgehead atoms. The Morgan fingerprint density at radius 1 is 1.12 bits per heavy atom. The van der Waals surface area contributed by atoms with E-state index >= 15 is 8.78 Å². The number of benzene rings is 1. The van der Waals surface area contributed by atoms with Gasteiger partial charge in [0.25, 0.3) is 5.91 Å². The van der Waals surface area contributed by atoms with Crippen LogP contribution in [-0.2, 0) is 23.1 Å². The number of aromatic amines is 1. The highest BCUT2D eigenvalue weighted by Crippen LogP contribution is 2.40. The number of piperazine rings is 1. The van der Waals surface area contributed by atoms with E-state index in [1.54, 1.807) is 10.9 Å². The van der Waals surface area contributed by atoms with Crippen molar-refractivity contribution in [3.8, 4) is 0 Å². The van der Waals surface area contributed by atoms with E-state index in [1.165, 1.54) is 23.0 Å². The zero-order valence-electron chi connectivity index (χ0n) is 23.7. The van der Waals surface area contributed by atoms with Gasteiger partial charge in [-0.1, -0.05) is 32.1 Å². The van der Waals surface area contributed by atoms with E-state index < -0.39 is 33.5 Å². The number of imidazole rings is 1. The molecule has 13 heteroatoms. The van der Waals surface area contributed by atoms with Gasteiger partial charge in [-0.3, -0.25) is 14.4 Å². The van der Waals surface area contributed by atoms with E-state index in [1.807, 2.05) is 11.8 Å². The van der Waals surface area contributed by atoms with E-state index in [9.17, 15) is 13.2 Å². The topological polar surface area (TPSA) is 130 Å². The number of halogens is 2. The first-order chi connectivity index (χ1) is 19.6. The van der Waals surface area contributed by atoms with Crippen LogP contribution in [-0.4, -0.2) is 75.7 Å². The molecule has 0 unspecified atom stereocenters. The maximum absolute atomic E-state index is 15.9. The van der Waals surface area contributed by atoms with Crippen molar-refractivity contribution >= 4 is 27.0 Å². The van der Waals surface area contributed by atoms with Crippen molar-refractivity contribution in [2.75, 3.05) is 32.4 Å². The van der Waals surface area contributed by atoms with Crippen LogP contribution in [0.3, 0.4) is 0 Å². The quantitative estimate of drug-likeness (QED) is 0.411. The SMILES string of the molecule is CCn1ncc([C@@H](c2nc3c(F)cc(CN4CCN(S(C)(=O)=O)CC4)c(F)c3[nH]2)C2CCCCCCC2)c1C(N)=O. The average molecular weight is 592 g/mol. The number of carbonyl (C=O) groups is 1. The van der Waals surface area contributed by atoms with E-state index in [0.717, 1.165) is 38.5 Å². The minimum atomic E-state index is -3.29. The van der Waals surface area contributed by atoms with Crippen molar-refractivity contribution in [1.29, 1.82) is 0 Å². The number of nitrogens with zero attached hydrogens (tertiary/aromatic N) is 5. The number of aromatic nitrogens is 4. The standard InChI is InChI=1S/C28H39F2N7O3S/c1-3-37-26(27(31)38)20(16-32-37)22(18-9-7-5-4-6-8-10-18)28-33-24-21(29)15-19(23(30)25(24)34-28)17-35-11-13-36(14-12-35)41(2,39)40/h15-16,18,22H,3-14,17H2,1-2H3,(H2,31,38)(H,33,34)/t22-/m0/s1. The summed E-state index contributed by atoms with van der Waals surface area (Å²) in [7, 11) is -3.29. The molecule has 2 aliphatic rings. The fourth-order valence-electron chi connectivity index (χ4n) is 6.47. The molecule has 3 N–H and O–H groups in total. The Hall–Kier alpha value is -2.90. The highest BCUT2D eigenvalue weighted by Gasteiger charge is 2.34. The number of nitrogens with one attached hydrogen (secondary N) is 1. The highest BCUT2D eigenvalue weighted by atomic mass is 32.2. The van der Waals surface area contributed by atoms with Crippen molar-refractivity contribution < 1.29 is 22.0 Å². The molecule has 1 amide bonds. The van der Waals surface area contributed by atoms with Crippen LogP contribution in [0.25, 0.3) is 11.0 Å². The molecule has 5 rings (SSSR count). The van der Waals surface area contributed by atoms with Crippen molar-refractivity contribution in [1.82, 2.24) is 29.0 Å². The summed E-state index contributed by atoms with van der Waals surface area (Å²) >= 11 is 0. The van der Waals surface area contributed by atoms with Crippen LogP contribution >= 0.6 is 0 Å². The van der Waals surface area contributed by atoms with E-state index in [0.29, 0.717) is 49.8 Å². The summed E-state index contributed by atoms with van der Waals surface area (Å²) in [6, 6.07) is 1.18. The zero-order valence-corrected chi connectivity index (χ0v) is 24.5. The van der Waals surface area contributed by atoms with Gasteiger partial charge < -0.3 is 10.7 Å². The Morgan fingerprint density at radius 3 is 2.39 bits per heavy atom. The minimum Gasteiger partial charge on any atom is -0.364 e. The molecule has 1 saturated heterocycles. The number of aryl methyl sites for hydroxylation is 1. The molecule has 1 aliphatic heterocycles. The van der Waals surface area contributed by atoms with Gasteiger partial charge in [-0.05, 0) is 31.7 Å². The Morgan fingerprint density at radius 2 is 1.78 bits per heavy atom. The number of primary amides is 1. The normalized spacial score (nSPS) is 19.3. The van der Waals surface area contributed by atoms with Gasteiger partial charge in [0, 0.05) is 56.3 Å². The van der Waals surface area contributed by atoms with Gasteiger partial charge in [-0.2, -0.15) is 9.40 Å². The van der Waals surface area contributed by atoms with Crippen LogP contribution < -0.4 is 5.73 Å². The molecule has 3 aromatic rings. The second-order valence-corrected chi connectivity index (χ2v) is 13.3. The summed E-state index contributed by atoms with van der Waals surface area (Å²) in [5.41, 5.74) is 6.83. The monoisotopic (exact) mass is 591 g/mol. The number of sulfonamides is 1.